The molecule has 2 rings (SSSR count). The predicted octanol–water partition coefficient (Wildman–Crippen LogP) is 1.35. The van der Waals surface area contributed by atoms with E-state index in [2.05, 4.69) is 15.3 Å². The number of aromatic nitrogens is 2. The molecular formula is C10H14ClN3O2. The second-order valence-electron chi connectivity index (χ2n) is 3.75. The number of ether oxygens (including phenoxy) is 2. The van der Waals surface area contributed by atoms with Crippen LogP contribution in [0.4, 0.5) is 5.82 Å². The fourth-order valence-corrected chi connectivity index (χ4v) is 1.79. The van der Waals surface area contributed by atoms with Gasteiger partial charge in [0, 0.05) is 32.9 Å². The molecule has 88 valence electrons. The Morgan fingerprint density at radius 1 is 1.69 bits per heavy atom. The molecule has 0 aromatic carbocycles. The summed E-state index contributed by atoms with van der Waals surface area (Å²) >= 11 is 5.69. The number of halogens is 1. The Hall–Kier alpha value is -0.910. The van der Waals surface area contributed by atoms with E-state index < -0.39 is 0 Å². The van der Waals surface area contributed by atoms with Crippen molar-refractivity contribution in [2.45, 2.75) is 12.0 Å². The smallest absolute Gasteiger partial charge is 0.224 e. The fraction of sp³-hybridized carbons (Fsp3) is 0.600. The fourth-order valence-electron chi connectivity index (χ4n) is 1.65. The third-order valence-electron chi connectivity index (χ3n) is 2.72. The largest absolute Gasteiger partial charge is 0.378 e. The molecule has 1 aromatic rings. The number of nitrogens with one attached hydrogen (secondary N) is 1. The monoisotopic (exact) mass is 243 g/mol. The Bertz CT molecular complexity index is 356. The van der Waals surface area contributed by atoms with E-state index in [1.807, 2.05) is 0 Å². The van der Waals surface area contributed by atoms with Crippen LogP contribution in [-0.4, -0.2) is 42.4 Å². The van der Waals surface area contributed by atoms with Crippen molar-refractivity contribution in [3.05, 3.63) is 17.5 Å². The van der Waals surface area contributed by atoms with E-state index in [4.69, 9.17) is 21.1 Å². The van der Waals surface area contributed by atoms with Crippen LogP contribution in [-0.2, 0) is 9.47 Å². The van der Waals surface area contributed by atoms with Crippen molar-refractivity contribution in [3.8, 4) is 0 Å². The first-order valence-electron chi connectivity index (χ1n) is 5.09. The maximum atomic E-state index is 5.69. The molecule has 16 heavy (non-hydrogen) atoms. The van der Waals surface area contributed by atoms with Crippen LogP contribution in [0.15, 0.2) is 12.3 Å². The minimum absolute atomic E-state index is 0.235. The number of rotatable bonds is 4. The molecule has 1 unspecified atom stereocenters. The van der Waals surface area contributed by atoms with Crippen LogP contribution in [0.1, 0.15) is 6.42 Å². The molecule has 0 amide bonds. The van der Waals surface area contributed by atoms with Crippen molar-refractivity contribution < 1.29 is 9.47 Å². The van der Waals surface area contributed by atoms with Gasteiger partial charge in [-0.2, -0.15) is 0 Å². The molecule has 0 bridgehead atoms. The summed E-state index contributed by atoms with van der Waals surface area (Å²) in [5, 5.41) is 3.41. The highest BCUT2D eigenvalue weighted by atomic mass is 35.5. The van der Waals surface area contributed by atoms with Gasteiger partial charge in [0.2, 0.25) is 5.28 Å². The molecule has 1 aliphatic rings. The molecule has 6 heteroatoms. The first-order valence-corrected chi connectivity index (χ1v) is 5.47. The number of methoxy groups -OCH3 is 1. The number of hydrogen-bond acceptors (Lipinski definition) is 5. The van der Waals surface area contributed by atoms with E-state index in [0.29, 0.717) is 19.0 Å². The molecule has 0 spiro atoms. The Morgan fingerprint density at radius 2 is 2.56 bits per heavy atom. The van der Waals surface area contributed by atoms with E-state index in [9.17, 15) is 0 Å². The minimum atomic E-state index is -0.253. The third-order valence-corrected chi connectivity index (χ3v) is 2.90. The Labute approximate surface area is 99.1 Å². The summed E-state index contributed by atoms with van der Waals surface area (Å²) in [7, 11) is 1.70. The lowest BCUT2D eigenvalue weighted by molar-refractivity contribution is -0.00625. The molecule has 0 saturated carbocycles. The van der Waals surface area contributed by atoms with E-state index in [1.54, 1.807) is 19.4 Å². The van der Waals surface area contributed by atoms with Gasteiger partial charge in [-0.3, -0.25) is 0 Å². The van der Waals surface area contributed by atoms with Gasteiger partial charge in [0.25, 0.3) is 0 Å². The van der Waals surface area contributed by atoms with Crippen LogP contribution in [0.25, 0.3) is 0 Å². The highest BCUT2D eigenvalue weighted by molar-refractivity contribution is 6.28. The van der Waals surface area contributed by atoms with Gasteiger partial charge in [-0.1, -0.05) is 0 Å². The Morgan fingerprint density at radius 3 is 3.19 bits per heavy atom. The zero-order valence-electron chi connectivity index (χ0n) is 9.07. The normalized spacial score (nSPS) is 24.6. The third kappa shape index (κ3) is 2.61. The molecule has 1 saturated heterocycles. The molecule has 5 nitrogen and oxygen atoms in total. The van der Waals surface area contributed by atoms with Crippen LogP contribution in [0.3, 0.4) is 0 Å². The van der Waals surface area contributed by atoms with Crippen molar-refractivity contribution >= 4 is 17.4 Å². The molecule has 1 aromatic heterocycles. The highest BCUT2D eigenvalue weighted by Crippen LogP contribution is 2.22. The van der Waals surface area contributed by atoms with Gasteiger partial charge in [-0.25, -0.2) is 9.97 Å². The summed E-state index contributed by atoms with van der Waals surface area (Å²) in [5.41, 5.74) is -0.253. The van der Waals surface area contributed by atoms with Crippen LogP contribution in [0.5, 0.6) is 0 Å². The molecule has 2 heterocycles. The zero-order valence-corrected chi connectivity index (χ0v) is 9.83. The SMILES string of the molecule is COC1(CNc2ccnc(Cl)n2)CCOC1. The van der Waals surface area contributed by atoms with Gasteiger partial charge >= 0.3 is 0 Å². The summed E-state index contributed by atoms with van der Waals surface area (Å²) in [6.07, 6.45) is 2.50. The van der Waals surface area contributed by atoms with Crippen LogP contribution in [0, 0.1) is 0 Å². The lowest BCUT2D eigenvalue weighted by atomic mass is 10.0. The molecule has 1 aliphatic heterocycles. The minimum Gasteiger partial charge on any atom is -0.378 e. The predicted molar refractivity (Wildman–Crippen MR) is 60.7 cm³/mol. The van der Waals surface area contributed by atoms with Crippen molar-refractivity contribution in [2.24, 2.45) is 0 Å². The number of hydrogen-bond donors (Lipinski definition) is 1. The lowest BCUT2D eigenvalue weighted by Gasteiger charge is -2.26. The summed E-state index contributed by atoms with van der Waals surface area (Å²) < 4.78 is 10.8. The number of nitrogens with zero attached hydrogens (tertiary/aromatic N) is 2. The maximum Gasteiger partial charge on any atom is 0.224 e. The average molecular weight is 244 g/mol. The molecule has 0 aliphatic carbocycles. The quantitative estimate of drug-likeness (QED) is 0.809. The van der Waals surface area contributed by atoms with E-state index in [-0.39, 0.29) is 10.9 Å². The van der Waals surface area contributed by atoms with Gasteiger partial charge in [0.05, 0.1) is 6.61 Å². The maximum absolute atomic E-state index is 5.69. The summed E-state index contributed by atoms with van der Waals surface area (Å²) in [5.74, 6) is 0.698. The van der Waals surface area contributed by atoms with Crippen molar-refractivity contribution in [1.29, 1.82) is 0 Å². The molecule has 0 radical (unpaired) electrons. The van der Waals surface area contributed by atoms with Crippen molar-refractivity contribution in [3.63, 3.8) is 0 Å². The zero-order chi connectivity index (χ0) is 11.4. The second-order valence-corrected chi connectivity index (χ2v) is 4.09. The lowest BCUT2D eigenvalue weighted by Crippen LogP contribution is -2.39. The standard InChI is InChI=1S/C10H14ClN3O2/c1-15-10(3-5-16-7-10)6-13-8-2-4-12-9(11)14-8/h2,4H,3,5-7H2,1H3,(H,12,13,14). The molecule has 1 fully saturated rings. The van der Waals surface area contributed by atoms with Crippen molar-refractivity contribution in [1.82, 2.24) is 9.97 Å². The highest BCUT2D eigenvalue weighted by Gasteiger charge is 2.34. The van der Waals surface area contributed by atoms with Crippen LogP contribution < -0.4 is 5.32 Å². The summed E-state index contributed by atoms with van der Waals surface area (Å²) in [4.78, 5) is 7.86. The van der Waals surface area contributed by atoms with Crippen LogP contribution >= 0.6 is 11.6 Å². The van der Waals surface area contributed by atoms with Crippen LogP contribution in [0.2, 0.25) is 5.28 Å². The Kier molecular flexibility index (Phi) is 3.58. The van der Waals surface area contributed by atoms with Gasteiger partial charge in [-0.05, 0) is 17.7 Å². The topological polar surface area (TPSA) is 56.3 Å². The van der Waals surface area contributed by atoms with Gasteiger partial charge in [0.1, 0.15) is 11.4 Å². The van der Waals surface area contributed by atoms with Gasteiger partial charge < -0.3 is 14.8 Å². The van der Waals surface area contributed by atoms with Gasteiger partial charge in [-0.15, -0.1) is 0 Å². The van der Waals surface area contributed by atoms with E-state index >= 15 is 0 Å². The molecular weight excluding hydrogens is 230 g/mol. The Balaban J connectivity index is 1.95. The number of anilines is 1. The van der Waals surface area contributed by atoms with E-state index in [1.165, 1.54) is 0 Å². The van der Waals surface area contributed by atoms with Gasteiger partial charge in [0.15, 0.2) is 0 Å². The second kappa shape index (κ2) is 4.95. The first-order chi connectivity index (χ1) is 7.74. The summed E-state index contributed by atoms with van der Waals surface area (Å²) in [6, 6.07) is 1.77. The molecule has 1 N–H and O–H groups in total. The van der Waals surface area contributed by atoms with E-state index in [0.717, 1.165) is 13.0 Å². The first kappa shape index (κ1) is 11.6. The average Bonchev–Trinajstić information content (AvgIpc) is 2.76. The molecule has 1 atom stereocenters. The summed E-state index contributed by atoms with van der Waals surface area (Å²) in [6.45, 7) is 1.99. The van der Waals surface area contributed by atoms with Crippen molar-refractivity contribution in [2.75, 3.05) is 32.2 Å².